The summed E-state index contributed by atoms with van der Waals surface area (Å²) in [6, 6.07) is 12.9. The molecule has 134 valence electrons. The summed E-state index contributed by atoms with van der Waals surface area (Å²) in [5.41, 5.74) is -0.910. The minimum atomic E-state index is -1.41. The van der Waals surface area contributed by atoms with Gasteiger partial charge in [-0.2, -0.15) is 0 Å². The van der Waals surface area contributed by atoms with Gasteiger partial charge in [0.05, 0.1) is 5.41 Å². The van der Waals surface area contributed by atoms with Crippen molar-refractivity contribution in [1.29, 1.82) is 0 Å². The molecule has 0 aliphatic heterocycles. The maximum atomic E-state index is 10.4. The minimum absolute atomic E-state index is 0.166. The Hall–Kier alpha value is -3.54. The van der Waals surface area contributed by atoms with E-state index in [-0.39, 0.29) is 33.9 Å². The van der Waals surface area contributed by atoms with Crippen molar-refractivity contribution in [3.05, 3.63) is 71.3 Å². The van der Waals surface area contributed by atoms with Gasteiger partial charge in [-0.25, -0.2) is 0 Å². The van der Waals surface area contributed by atoms with E-state index in [2.05, 4.69) is 0 Å². The summed E-state index contributed by atoms with van der Waals surface area (Å²) >= 11 is 0. The van der Waals surface area contributed by atoms with Gasteiger partial charge in [0.15, 0.2) is 34.5 Å². The Morgan fingerprint density at radius 2 is 0.769 bits per heavy atom. The van der Waals surface area contributed by atoms with Crippen LogP contribution >= 0.6 is 0 Å². The fourth-order valence-electron chi connectivity index (χ4n) is 3.24. The number of para-hydroxylation sites is 3. The van der Waals surface area contributed by atoms with Crippen LogP contribution in [0.25, 0.3) is 0 Å². The van der Waals surface area contributed by atoms with E-state index in [1.807, 2.05) is 0 Å². The molecule has 0 amide bonds. The van der Waals surface area contributed by atoms with E-state index in [0.717, 1.165) is 0 Å². The summed E-state index contributed by atoms with van der Waals surface area (Å²) in [5.74, 6) is -2.48. The number of aromatic hydroxyl groups is 6. The molecule has 0 heterocycles. The molecule has 3 aromatic rings. The van der Waals surface area contributed by atoms with Gasteiger partial charge < -0.3 is 30.6 Å². The van der Waals surface area contributed by atoms with Crippen LogP contribution in [0.2, 0.25) is 0 Å². The average molecular weight is 354 g/mol. The van der Waals surface area contributed by atoms with E-state index in [1.165, 1.54) is 54.6 Å². The fraction of sp³-hybridized carbons (Fsp3) is 0.100. The number of phenols is 6. The highest BCUT2D eigenvalue weighted by Crippen LogP contribution is 2.52. The molecule has 6 heteroatoms. The normalized spacial score (nSPS) is 11.4. The third-order valence-electron chi connectivity index (χ3n) is 4.66. The van der Waals surface area contributed by atoms with Gasteiger partial charge in [-0.1, -0.05) is 36.4 Å². The number of benzene rings is 3. The monoisotopic (exact) mass is 354 g/mol. The van der Waals surface area contributed by atoms with E-state index in [9.17, 15) is 30.6 Å². The summed E-state index contributed by atoms with van der Waals surface area (Å²) in [5, 5.41) is 61.1. The van der Waals surface area contributed by atoms with E-state index >= 15 is 0 Å². The van der Waals surface area contributed by atoms with Gasteiger partial charge in [-0.3, -0.25) is 0 Å². The fourth-order valence-corrected chi connectivity index (χ4v) is 3.24. The molecule has 0 aliphatic rings. The van der Waals surface area contributed by atoms with Crippen LogP contribution in [0.5, 0.6) is 34.5 Å². The Morgan fingerprint density at radius 1 is 0.500 bits per heavy atom. The Balaban J connectivity index is 2.46. The van der Waals surface area contributed by atoms with Gasteiger partial charge in [0.2, 0.25) is 0 Å². The van der Waals surface area contributed by atoms with Crippen molar-refractivity contribution < 1.29 is 30.6 Å². The standard InChI is InChI=1S/C20H18O6/c1-20(11-5-2-8-14(21)17(11)24,12-6-3-9-15(22)18(12)25)13-7-4-10-16(23)19(13)26/h2-10,21-26H,1H3. The van der Waals surface area contributed by atoms with E-state index < -0.39 is 22.7 Å². The lowest BCUT2D eigenvalue weighted by Crippen LogP contribution is -2.26. The van der Waals surface area contributed by atoms with Crippen molar-refractivity contribution in [1.82, 2.24) is 0 Å². The Kier molecular flexibility index (Phi) is 4.04. The first kappa shape index (κ1) is 17.3. The maximum Gasteiger partial charge on any atom is 0.161 e. The van der Waals surface area contributed by atoms with Gasteiger partial charge in [0.1, 0.15) is 0 Å². The van der Waals surface area contributed by atoms with Crippen LogP contribution in [0.4, 0.5) is 0 Å². The zero-order valence-electron chi connectivity index (χ0n) is 13.9. The largest absolute Gasteiger partial charge is 0.504 e. The van der Waals surface area contributed by atoms with Crippen LogP contribution in [0.3, 0.4) is 0 Å². The van der Waals surface area contributed by atoms with Crippen molar-refractivity contribution >= 4 is 0 Å². The molecule has 0 saturated heterocycles. The Labute approximate surface area is 149 Å². The summed E-state index contributed by atoms with van der Waals surface area (Å²) in [6.45, 7) is 1.59. The molecule has 0 spiro atoms. The van der Waals surface area contributed by atoms with Crippen molar-refractivity contribution in [3.63, 3.8) is 0 Å². The van der Waals surface area contributed by atoms with Gasteiger partial charge in [-0.05, 0) is 25.1 Å². The zero-order chi connectivity index (χ0) is 19.1. The van der Waals surface area contributed by atoms with Gasteiger partial charge >= 0.3 is 0 Å². The molecule has 3 aromatic carbocycles. The molecule has 0 atom stereocenters. The molecule has 0 radical (unpaired) electrons. The predicted octanol–water partition coefficient (Wildman–Crippen LogP) is 3.27. The van der Waals surface area contributed by atoms with Crippen LogP contribution in [-0.4, -0.2) is 30.6 Å². The van der Waals surface area contributed by atoms with Crippen molar-refractivity contribution in [2.45, 2.75) is 12.3 Å². The third-order valence-corrected chi connectivity index (χ3v) is 4.66. The average Bonchev–Trinajstić information content (AvgIpc) is 2.61. The van der Waals surface area contributed by atoms with Crippen LogP contribution in [0.15, 0.2) is 54.6 Å². The van der Waals surface area contributed by atoms with Crippen LogP contribution < -0.4 is 0 Å². The molecule has 0 aliphatic carbocycles. The molecule has 0 unspecified atom stereocenters. The SMILES string of the molecule is CC(c1cccc(O)c1O)(c1cccc(O)c1O)c1cccc(O)c1O. The second-order valence-electron chi connectivity index (χ2n) is 6.14. The molecule has 0 saturated carbocycles. The van der Waals surface area contributed by atoms with Crippen molar-refractivity contribution in [2.24, 2.45) is 0 Å². The minimum Gasteiger partial charge on any atom is -0.504 e. The Bertz CT molecular complexity index is 855. The lowest BCUT2D eigenvalue weighted by molar-refractivity contribution is 0.374. The number of hydrogen-bond donors (Lipinski definition) is 6. The number of hydrogen-bond acceptors (Lipinski definition) is 6. The quantitative estimate of drug-likeness (QED) is 0.317. The Morgan fingerprint density at radius 3 is 1.04 bits per heavy atom. The first-order valence-electron chi connectivity index (χ1n) is 7.82. The molecular formula is C20H18O6. The van der Waals surface area contributed by atoms with E-state index in [0.29, 0.717) is 0 Å². The molecule has 0 aromatic heterocycles. The van der Waals surface area contributed by atoms with Crippen molar-refractivity contribution in [3.8, 4) is 34.5 Å². The van der Waals surface area contributed by atoms with Gasteiger partial charge in [-0.15, -0.1) is 0 Å². The predicted molar refractivity (Wildman–Crippen MR) is 94.9 cm³/mol. The zero-order valence-corrected chi connectivity index (χ0v) is 13.9. The maximum absolute atomic E-state index is 10.4. The number of phenolic OH excluding ortho intramolecular Hbond substituents is 6. The van der Waals surface area contributed by atoms with Crippen molar-refractivity contribution in [2.75, 3.05) is 0 Å². The van der Waals surface area contributed by atoms with E-state index in [4.69, 9.17) is 0 Å². The third kappa shape index (κ3) is 2.43. The molecular weight excluding hydrogens is 336 g/mol. The molecule has 6 nitrogen and oxygen atoms in total. The molecule has 0 bridgehead atoms. The molecule has 3 rings (SSSR count). The second-order valence-corrected chi connectivity index (χ2v) is 6.14. The van der Waals surface area contributed by atoms with Crippen LogP contribution in [0.1, 0.15) is 23.6 Å². The summed E-state index contributed by atoms with van der Waals surface area (Å²) < 4.78 is 0. The number of rotatable bonds is 3. The van der Waals surface area contributed by atoms with Gasteiger partial charge in [0, 0.05) is 16.7 Å². The lowest BCUT2D eigenvalue weighted by Gasteiger charge is -2.33. The summed E-state index contributed by atoms with van der Waals surface area (Å²) in [7, 11) is 0. The van der Waals surface area contributed by atoms with Crippen LogP contribution in [0, 0.1) is 0 Å². The highest BCUT2D eigenvalue weighted by Gasteiger charge is 2.39. The summed E-state index contributed by atoms with van der Waals surface area (Å²) in [6.07, 6.45) is 0. The van der Waals surface area contributed by atoms with E-state index in [1.54, 1.807) is 6.92 Å². The highest BCUT2D eigenvalue weighted by molar-refractivity contribution is 5.65. The highest BCUT2D eigenvalue weighted by atomic mass is 16.3. The smallest absolute Gasteiger partial charge is 0.161 e. The lowest BCUT2D eigenvalue weighted by atomic mass is 9.69. The first-order chi connectivity index (χ1) is 12.3. The summed E-state index contributed by atoms with van der Waals surface area (Å²) in [4.78, 5) is 0. The topological polar surface area (TPSA) is 121 Å². The van der Waals surface area contributed by atoms with Crippen LogP contribution in [-0.2, 0) is 5.41 Å². The first-order valence-corrected chi connectivity index (χ1v) is 7.82. The molecule has 26 heavy (non-hydrogen) atoms. The van der Waals surface area contributed by atoms with Gasteiger partial charge in [0.25, 0.3) is 0 Å². The molecule has 6 N–H and O–H groups in total. The molecule has 0 fully saturated rings. The second kappa shape index (κ2) is 6.07.